The van der Waals surface area contributed by atoms with Crippen LogP contribution in [-0.4, -0.2) is 10.9 Å². The number of hydrogen-bond acceptors (Lipinski definition) is 3. The van der Waals surface area contributed by atoms with Crippen molar-refractivity contribution >= 4 is 23.0 Å². The van der Waals surface area contributed by atoms with Crippen LogP contribution < -0.4 is 10.6 Å². The molecule has 0 aliphatic rings. The number of carbonyl (C=O) groups excluding carboxylic acids is 1. The molecule has 0 saturated carbocycles. The zero-order valence-corrected chi connectivity index (χ0v) is 14.4. The number of rotatable bonds is 5. The van der Waals surface area contributed by atoms with E-state index in [0.717, 1.165) is 22.6 Å². The molecule has 0 spiro atoms. The Kier molecular flexibility index (Phi) is 5.09. The van der Waals surface area contributed by atoms with Crippen molar-refractivity contribution < 1.29 is 4.79 Å². The molecule has 0 bridgehead atoms. The van der Waals surface area contributed by atoms with E-state index in [0.29, 0.717) is 11.6 Å². The Hall–Kier alpha value is -3.14. The van der Waals surface area contributed by atoms with Crippen molar-refractivity contribution in [1.29, 1.82) is 0 Å². The summed E-state index contributed by atoms with van der Waals surface area (Å²) in [4.78, 5) is 16.7. The van der Waals surface area contributed by atoms with Crippen molar-refractivity contribution in [1.82, 2.24) is 4.98 Å². The molecular weight excluding hydrogens is 310 g/mol. The van der Waals surface area contributed by atoms with Crippen molar-refractivity contribution in [3.8, 4) is 0 Å². The molecule has 126 valence electrons. The second-order valence-electron chi connectivity index (χ2n) is 6.12. The van der Waals surface area contributed by atoms with Crippen molar-refractivity contribution in [3.05, 3.63) is 84.2 Å². The topological polar surface area (TPSA) is 54.0 Å². The van der Waals surface area contributed by atoms with Crippen molar-refractivity contribution in [2.24, 2.45) is 0 Å². The maximum Gasteiger partial charge on any atom is 0.274 e. The van der Waals surface area contributed by atoms with Crippen molar-refractivity contribution in [3.63, 3.8) is 0 Å². The first-order valence-corrected chi connectivity index (χ1v) is 8.32. The standard InChI is InChI=1S/C21H21N3O/c1-15(2)18-10-6-7-11-19(18)24-21(25)20-13-12-17(14-22-20)23-16-8-4-3-5-9-16/h3-15,23H,1-2H3,(H,24,25). The Balaban J connectivity index is 1.71. The molecule has 0 saturated heterocycles. The average molecular weight is 331 g/mol. The molecule has 1 heterocycles. The lowest BCUT2D eigenvalue weighted by Crippen LogP contribution is -2.15. The number of benzene rings is 2. The first kappa shape index (κ1) is 16.7. The zero-order valence-electron chi connectivity index (χ0n) is 14.4. The van der Waals surface area contributed by atoms with Gasteiger partial charge in [-0.2, -0.15) is 0 Å². The fourth-order valence-corrected chi connectivity index (χ4v) is 2.59. The van der Waals surface area contributed by atoms with E-state index >= 15 is 0 Å². The first-order chi connectivity index (χ1) is 12.1. The molecule has 2 aromatic carbocycles. The van der Waals surface area contributed by atoms with E-state index in [-0.39, 0.29) is 5.91 Å². The minimum Gasteiger partial charge on any atom is -0.354 e. The monoisotopic (exact) mass is 331 g/mol. The van der Waals surface area contributed by atoms with E-state index in [9.17, 15) is 4.79 Å². The quantitative estimate of drug-likeness (QED) is 0.675. The lowest BCUT2D eigenvalue weighted by atomic mass is 10.0. The van der Waals surface area contributed by atoms with E-state index in [1.54, 1.807) is 12.3 Å². The predicted octanol–water partition coefficient (Wildman–Crippen LogP) is 5.20. The van der Waals surface area contributed by atoms with Gasteiger partial charge in [-0.25, -0.2) is 4.98 Å². The molecule has 0 aliphatic carbocycles. The lowest BCUT2D eigenvalue weighted by molar-refractivity contribution is 0.102. The number of hydrogen-bond donors (Lipinski definition) is 2. The minimum atomic E-state index is -0.209. The number of anilines is 3. The predicted molar refractivity (Wildman–Crippen MR) is 102 cm³/mol. The third kappa shape index (κ3) is 4.23. The van der Waals surface area contributed by atoms with Gasteiger partial charge >= 0.3 is 0 Å². The fourth-order valence-electron chi connectivity index (χ4n) is 2.59. The second kappa shape index (κ2) is 7.62. The van der Waals surface area contributed by atoms with Gasteiger partial charge in [0, 0.05) is 11.4 Å². The molecule has 0 radical (unpaired) electrons. The van der Waals surface area contributed by atoms with Crippen LogP contribution in [0.5, 0.6) is 0 Å². The van der Waals surface area contributed by atoms with Gasteiger partial charge in [0.2, 0.25) is 0 Å². The molecule has 0 atom stereocenters. The zero-order chi connectivity index (χ0) is 17.6. The summed E-state index contributed by atoms with van der Waals surface area (Å²) in [6.45, 7) is 4.21. The SMILES string of the molecule is CC(C)c1ccccc1NC(=O)c1ccc(Nc2ccccc2)cn1. The summed E-state index contributed by atoms with van der Waals surface area (Å²) in [6, 6.07) is 21.3. The van der Waals surface area contributed by atoms with Crippen LogP contribution in [0.1, 0.15) is 35.8 Å². The smallest absolute Gasteiger partial charge is 0.274 e. The molecule has 3 aromatic rings. The second-order valence-corrected chi connectivity index (χ2v) is 6.12. The van der Waals surface area contributed by atoms with E-state index in [4.69, 9.17) is 0 Å². The summed E-state index contributed by atoms with van der Waals surface area (Å²) in [5.74, 6) is 0.126. The summed E-state index contributed by atoms with van der Waals surface area (Å²) in [6.07, 6.45) is 1.66. The highest BCUT2D eigenvalue weighted by Gasteiger charge is 2.11. The molecular formula is C21H21N3O. The largest absolute Gasteiger partial charge is 0.354 e. The van der Waals surface area contributed by atoms with Crippen LogP contribution in [0.25, 0.3) is 0 Å². The molecule has 3 rings (SSSR count). The molecule has 4 heteroatoms. The molecule has 0 fully saturated rings. The molecule has 25 heavy (non-hydrogen) atoms. The summed E-state index contributed by atoms with van der Waals surface area (Å²) in [7, 11) is 0. The van der Waals surface area contributed by atoms with Gasteiger partial charge in [0.15, 0.2) is 0 Å². The van der Waals surface area contributed by atoms with Gasteiger partial charge in [-0.1, -0.05) is 50.2 Å². The van der Waals surface area contributed by atoms with Crippen LogP contribution in [0.2, 0.25) is 0 Å². The third-order valence-corrected chi connectivity index (χ3v) is 3.89. The van der Waals surface area contributed by atoms with Gasteiger partial charge in [-0.05, 0) is 41.8 Å². The fraction of sp³-hybridized carbons (Fsp3) is 0.143. The van der Waals surface area contributed by atoms with Crippen molar-refractivity contribution in [2.45, 2.75) is 19.8 Å². The molecule has 4 nitrogen and oxygen atoms in total. The van der Waals surface area contributed by atoms with E-state index in [1.165, 1.54) is 0 Å². The van der Waals surface area contributed by atoms with Crippen LogP contribution in [0.3, 0.4) is 0 Å². The number of nitrogens with zero attached hydrogens (tertiary/aromatic N) is 1. The Labute approximate surface area is 147 Å². The molecule has 0 unspecified atom stereocenters. The van der Waals surface area contributed by atoms with Gasteiger partial charge in [-0.15, -0.1) is 0 Å². The summed E-state index contributed by atoms with van der Waals surface area (Å²) in [5, 5.41) is 6.21. The molecule has 1 aromatic heterocycles. The van der Waals surface area contributed by atoms with Crippen LogP contribution in [-0.2, 0) is 0 Å². The van der Waals surface area contributed by atoms with E-state index < -0.39 is 0 Å². The van der Waals surface area contributed by atoms with E-state index in [2.05, 4.69) is 29.5 Å². The van der Waals surface area contributed by atoms with Crippen LogP contribution >= 0.6 is 0 Å². The molecule has 2 N–H and O–H groups in total. The molecule has 0 aliphatic heterocycles. The highest BCUT2D eigenvalue weighted by molar-refractivity contribution is 6.03. The average Bonchev–Trinajstić information content (AvgIpc) is 2.63. The number of para-hydroxylation sites is 2. The summed E-state index contributed by atoms with van der Waals surface area (Å²) >= 11 is 0. The highest BCUT2D eigenvalue weighted by Crippen LogP contribution is 2.24. The van der Waals surface area contributed by atoms with Gasteiger partial charge in [0.25, 0.3) is 5.91 Å². The summed E-state index contributed by atoms with van der Waals surface area (Å²) in [5.41, 5.74) is 4.14. The van der Waals surface area contributed by atoms with Crippen molar-refractivity contribution in [2.75, 3.05) is 10.6 Å². The Morgan fingerprint density at radius 1 is 0.880 bits per heavy atom. The van der Waals surface area contributed by atoms with Gasteiger partial charge in [0.1, 0.15) is 5.69 Å². The number of pyridine rings is 1. The van der Waals surface area contributed by atoms with Crippen LogP contribution in [0, 0.1) is 0 Å². The maximum atomic E-state index is 12.5. The highest BCUT2D eigenvalue weighted by atomic mass is 16.1. The minimum absolute atomic E-state index is 0.209. The van der Waals surface area contributed by atoms with Crippen LogP contribution in [0.15, 0.2) is 72.9 Å². The normalized spacial score (nSPS) is 10.5. The lowest BCUT2D eigenvalue weighted by Gasteiger charge is -2.13. The van der Waals surface area contributed by atoms with Gasteiger partial charge in [0.05, 0.1) is 11.9 Å². The van der Waals surface area contributed by atoms with E-state index in [1.807, 2.05) is 60.7 Å². The molecule has 1 amide bonds. The Bertz CT molecular complexity index is 843. The Morgan fingerprint density at radius 2 is 1.60 bits per heavy atom. The third-order valence-electron chi connectivity index (χ3n) is 3.89. The number of carbonyl (C=O) groups is 1. The van der Waals surface area contributed by atoms with Gasteiger partial charge < -0.3 is 10.6 Å². The summed E-state index contributed by atoms with van der Waals surface area (Å²) < 4.78 is 0. The number of nitrogens with one attached hydrogen (secondary N) is 2. The number of amides is 1. The first-order valence-electron chi connectivity index (χ1n) is 8.32. The Morgan fingerprint density at radius 3 is 2.28 bits per heavy atom. The van der Waals surface area contributed by atoms with Gasteiger partial charge in [-0.3, -0.25) is 4.79 Å². The maximum absolute atomic E-state index is 12.5. The number of aromatic nitrogens is 1. The van der Waals surface area contributed by atoms with Crippen LogP contribution in [0.4, 0.5) is 17.1 Å².